The van der Waals surface area contributed by atoms with Gasteiger partial charge in [-0.2, -0.15) is 0 Å². The predicted molar refractivity (Wildman–Crippen MR) is 145 cm³/mol. The number of amides is 2. The molecule has 3 aromatic rings. The van der Waals surface area contributed by atoms with E-state index in [9.17, 15) is 18.4 Å². The Morgan fingerprint density at radius 2 is 1.69 bits per heavy atom. The Kier molecular flexibility index (Phi) is 6.99. The summed E-state index contributed by atoms with van der Waals surface area (Å²) in [6, 6.07) is 13.0. The summed E-state index contributed by atoms with van der Waals surface area (Å²) in [4.78, 5) is 36.3. The van der Waals surface area contributed by atoms with Crippen LogP contribution in [-0.4, -0.2) is 65.4 Å². The average molecular weight is 532 g/mol. The van der Waals surface area contributed by atoms with Crippen LogP contribution in [0.2, 0.25) is 0 Å². The van der Waals surface area contributed by atoms with Gasteiger partial charge in [0.1, 0.15) is 11.6 Å². The smallest absolute Gasteiger partial charge is 0.253 e. The number of hydrogen-bond donors (Lipinski definition) is 1. The fourth-order valence-electron chi connectivity index (χ4n) is 5.88. The number of hydrogen-bond acceptors (Lipinski definition) is 5. The van der Waals surface area contributed by atoms with E-state index in [0.29, 0.717) is 23.1 Å². The Bertz CT molecular complexity index is 1380. The molecule has 202 valence electrons. The number of piperidine rings is 1. The van der Waals surface area contributed by atoms with Gasteiger partial charge in [-0.1, -0.05) is 12.1 Å². The predicted octanol–water partition coefficient (Wildman–Crippen LogP) is 4.69. The highest BCUT2D eigenvalue weighted by Gasteiger charge is 2.29. The molecule has 9 heteroatoms. The molecule has 2 amide bonds. The summed E-state index contributed by atoms with van der Waals surface area (Å²) in [5.41, 5.74) is 2.82. The first-order chi connectivity index (χ1) is 19.0. The Balaban J connectivity index is 1.17. The van der Waals surface area contributed by atoms with Crippen molar-refractivity contribution in [2.75, 3.05) is 42.9 Å². The highest BCUT2D eigenvalue weighted by atomic mass is 19.1. The number of benzene rings is 2. The van der Waals surface area contributed by atoms with Crippen molar-refractivity contribution in [1.82, 2.24) is 14.8 Å². The van der Waals surface area contributed by atoms with Gasteiger partial charge in [-0.25, -0.2) is 13.8 Å². The first-order valence-corrected chi connectivity index (χ1v) is 13.6. The minimum atomic E-state index is -0.575. The monoisotopic (exact) mass is 531 g/mol. The van der Waals surface area contributed by atoms with Crippen LogP contribution in [0.4, 0.5) is 20.3 Å². The number of pyridine rings is 1. The van der Waals surface area contributed by atoms with Gasteiger partial charge in [0, 0.05) is 42.0 Å². The maximum absolute atomic E-state index is 14.3. The van der Waals surface area contributed by atoms with Gasteiger partial charge in [0.15, 0.2) is 5.82 Å². The lowest BCUT2D eigenvalue weighted by Crippen LogP contribution is -2.45. The van der Waals surface area contributed by atoms with Crippen molar-refractivity contribution in [3.63, 3.8) is 0 Å². The molecule has 0 saturated carbocycles. The molecule has 6 rings (SSSR count). The van der Waals surface area contributed by atoms with Crippen LogP contribution >= 0.6 is 0 Å². The Morgan fingerprint density at radius 3 is 2.44 bits per heavy atom. The number of rotatable bonds is 5. The summed E-state index contributed by atoms with van der Waals surface area (Å²) in [7, 11) is 0. The summed E-state index contributed by atoms with van der Waals surface area (Å²) in [6.45, 7) is 3.83. The van der Waals surface area contributed by atoms with Crippen molar-refractivity contribution in [3.8, 4) is 11.1 Å². The molecule has 1 N–H and O–H groups in total. The number of halogens is 2. The highest BCUT2D eigenvalue weighted by molar-refractivity contribution is 6.02. The van der Waals surface area contributed by atoms with E-state index < -0.39 is 11.6 Å². The Labute approximate surface area is 226 Å². The lowest BCUT2D eigenvalue weighted by molar-refractivity contribution is -0.117. The Hall–Kier alpha value is -3.85. The zero-order chi connectivity index (χ0) is 26.9. The van der Waals surface area contributed by atoms with Crippen LogP contribution in [-0.2, 0) is 11.3 Å². The molecule has 3 aliphatic heterocycles. The number of carbonyl (C=O) groups is 2. The molecule has 0 atom stereocenters. The van der Waals surface area contributed by atoms with Crippen molar-refractivity contribution in [2.24, 2.45) is 0 Å². The van der Waals surface area contributed by atoms with Gasteiger partial charge < -0.3 is 20.0 Å². The first-order valence-electron chi connectivity index (χ1n) is 13.6. The van der Waals surface area contributed by atoms with Gasteiger partial charge in [0.05, 0.1) is 18.8 Å². The van der Waals surface area contributed by atoms with Crippen molar-refractivity contribution >= 4 is 23.3 Å². The van der Waals surface area contributed by atoms with Crippen LogP contribution in [0.3, 0.4) is 0 Å². The Morgan fingerprint density at radius 1 is 0.949 bits per heavy atom. The third kappa shape index (κ3) is 5.23. The maximum atomic E-state index is 14.3. The molecule has 2 fully saturated rings. The number of aromatic nitrogens is 1. The van der Waals surface area contributed by atoms with E-state index in [0.717, 1.165) is 55.3 Å². The van der Waals surface area contributed by atoms with Crippen LogP contribution in [0.15, 0.2) is 54.7 Å². The zero-order valence-electron chi connectivity index (χ0n) is 21.7. The molecule has 7 nitrogen and oxygen atoms in total. The molecular formula is C30H31F2N5O2. The van der Waals surface area contributed by atoms with Crippen molar-refractivity contribution < 1.29 is 18.4 Å². The summed E-state index contributed by atoms with van der Waals surface area (Å²) in [6.07, 6.45) is 6.30. The second kappa shape index (κ2) is 10.7. The number of nitrogens with zero attached hydrogens (tertiary/aromatic N) is 4. The van der Waals surface area contributed by atoms with Crippen LogP contribution in [0.25, 0.3) is 11.1 Å². The lowest BCUT2D eigenvalue weighted by atomic mass is 10.0. The number of carbonyl (C=O) groups excluding carboxylic acids is 2. The minimum Gasteiger partial charge on any atom is -0.359 e. The van der Waals surface area contributed by atoms with Gasteiger partial charge in [0.2, 0.25) is 5.91 Å². The summed E-state index contributed by atoms with van der Waals surface area (Å²) in [5, 5.41) is 2.99. The quantitative estimate of drug-likeness (QED) is 0.518. The first kappa shape index (κ1) is 25.4. The molecule has 4 heterocycles. The van der Waals surface area contributed by atoms with E-state index in [1.54, 1.807) is 6.20 Å². The number of fused-ring (bicyclic) bond motifs is 1. The van der Waals surface area contributed by atoms with Gasteiger partial charge in [-0.15, -0.1) is 0 Å². The van der Waals surface area contributed by atoms with Crippen molar-refractivity contribution in [1.29, 1.82) is 0 Å². The number of nitrogens with one attached hydrogen (secondary N) is 1. The topological polar surface area (TPSA) is 68.8 Å². The fraction of sp³-hybridized carbons (Fsp3) is 0.367. The zero-order valence-corrected chi connectivity index (χ0v) is 21.7. The SMILES string of the molecule is O=C(c1ccc(-c2cnc3c(c2)N(Cc2cc(F)ccc2F)C(=O)CN3)cc1)N1CCC(N2CCCC2)CC1. The van der Waals surface area contributed by atoms with E-state index in [1.165, 1.54) is 30.8 Å². The molecule has 0 unspecified atom stereocenters. The van der Waals surface area contributed by atoms with Gasteiger partial charge in [0.25, 0.3) is 5.91 Å². The second-order valence-corrected chi connectivity index (χ2v) is 10.5. The molecule has 3 aliphatic rings. The van der Waals surface area contributed by atoms with E-state index in [4.69, 9.17) is 0 Å². The molecule has 0 bridgehead atoms. The third-order valence-electron chi connectivity index (χ3n) is 8.08. The second-order valence-electron chi connectivity index (χ2n) is 10.5. The molecule has 2 aromatic carbocycles. The lowest BCUT2D eigenvalue weighted by Gasteiger charge is -2.36. The van der Waals surface area contributed by atoms with Gasteiger partial charge in [-0.05, 0) is 80.7 Å². The molecule has 0 spiro atoms. The van der Waals surface area contributed by atoms with Gasteiger partial charge >= 0.3 is 0 Å². The molecule has 39 heavy (non-hydrogen) atoms. The largest absolute Gasteiger partial charge is 0.359 e. The maximum Gasteiger partial charge on any atom is 0.253 e. The van der Waals surface area contributed by atoms with Crippen LogP contribution in [0, 0.1) is 11.6 Å². The number of likely N-dealkylation sites (tertiary alicyclic amines) is 2. The third-order valence-corrected chi connectivity index (χ3v) is 8.08. The van der Waals surface area contributed by atoms with E-state index in [-0.39, 0.29) is 30.5 Å². The average Bonchev–Trinajstić information content (AvgIpc) is 3.51. The van der Waals surface area contributed by atoms with Crippen LogP contribution in [0.1, 0.15) is 41.6 Å². The van der Waals surface area contributed by atoms with Crippen LogP contribution in [0.5, 0.6) is 0 Å². The van der Waals surface area contributed by atoms with Gasteiger partial charge in [-0.3, -0.25) is 9.59 Å². The van der Waals surface area contributed by atoms with E-state index >= 15 is 0 Å². The van der Waals surface area contributed by atoms with Crippen molar-refractivity contribution in [2.45, 2.75) is 38.3 Å². The molecule has 1 aromatic heterocycles. The normalized spacial score (nSPS) is 18.3. The summed E-state index contributed by atoms with van der Waals surface area (Å²) in [5.74, 6) is -0.859. The number of anilines is 2. The van der Waals surface area contributed by atoms with E-state index in [2.05, 4.69) is 15.2 Å². The standard InChI is InChI=1S/C30H31F2N5O2/c31-24-7-8-26(32)23(15-24)19-37-27-16-22(17-33-29(27)34-18-28(37)38)20-3-5-21(6-4-20)30(39)36-13-9-25(10-14-36)35-11-1-2-12-35/h3-8,15-17,25H,1-2,9-14,18-19H2,(H,33,34). The molecule has 0 radical (unpaired) electrons. The summed E-state index contributed by atoms with van der Waals surface area (Å²) < 4.78 is 28.1. The highest BCUT2D eigenvalue weighted by Crippen LogP contribution is 2.34. The minimum absolute atomic E-state index is 0.0162. The molecule has 2 saturated heterocycles. The van der Waals surface area contributed by atoms with E-state index in [1.807, 2.05) is 35.2 Å². The molecular weight excluding hydrogens is 500 g/mol. The van der Waals surface area contributed by atoms with Crippen LogP contribution < -0.4 is 10.2 Å². The fourth-order valence-corrected chi connectivity index (χ4v) is 5.88. The summed E-state index contributed by atoms with van der Waals surface area (Å²) >= 11 is 0. The van der Waals surface area contributed by atoms with Crippen molar-refractivity contribution in [3.05, 3.63) is 77.5 Å². The molecule has 0 aliphatic carbocycles.